The second-order valence-electron chi connectivity index (χ2n) is 11.2. The van der Waals surface area contributed by atoms with Crippen LogP contribution in [-0.4, -0.2) is 62.8 Å². The van der Waals surface area contributed by atoms with Crippen molar-refractivity contribution in [3.05, 3.63) is 118 Å². The molecule has 0 atom stereocenters. The monoisotopic (exact) mass is 779 g/mol. The number of nitrogen functional groups attached to an aromatic ring is 2. The zero-order valence-electron chi connectivity index (χ0n) is 29.4. The SMILES string of the molecule is CC(C)Nc1ncc(-c2cc(N)cc(/C=C/Cc3ccccc3)c2)n(CC(=O)NCc2ccc(C(=N)N)cc2)c1=O.FC(F)F.O=C(O)C(F)(F)F.O=CO. The normalized spacial score (nSPS) is 10.6. The highest BCUT2D eigenvalue weighted by Crippen LogP contribution is 2.24. The third kappa shape index (κ3) is 18.1. The van der Waals surface area contributed by atoms with Crippen LogP contribution in [0.5, 0.6) is 0 Å². The van der Waals surface area contributed by atoms with Crippen molar-refractivity contribution in [2.45, 2.75) is 52.3 Å². The van der Waals surface area contributed by atoms with Crippen LogP contribution in [0.1, 0.15) is 36.1 Å². The number of nitrogens with zero attached hydrogens (tertiary/aromatic N) is 2. The summed E-state index contributed by atoms with van der Waals surface area (Å²) in [5, 5.41) is 27.5. The van der Waals surface area contributed by atoms with Crippen molar-refractivity contribution in [3.8, 4) is 11.3 Å². The molecule has 296 valence electrons. The van der Waals surface area contributed by atoms with Crippen LogP contribution in [0.15, 0.2) is 89.9 Å². The first-order valence-electron chi connectivity index (χ1n) is 15.8. The molecule has 1 aromatic heterocycles. The lowest BCUT2D eigenvalue weighted by atomic mass is 10.0. The molecule has 1 heterocycles. The van der Waals surface area contributed by atoms with Gasteiger partial charge in [-0.3, -0.25) is 24.4 Å². The summed E-state index contributed by atoms with van der Waals surface area (Å²) in [7, 11) is 0. The number of nitrogens with two attached hydrogens (primary N) is 2. The fraction of sp³-hybridized carbons (Fsp3) is 0.222. The highest BCUT2D eigenvalue weighted by Gasteiger charge is 2.38. The zero-order chi connectivity index (χ0) is 41.7. The Hall–Kier alpha value is -6.66. The molecule has 0 aliphatic heterocycles. The van der Waals surface area contributed by atoms with Gasteiger partial charge in [0.1, 0.15) is 12.4 Å². The van der Waals surface area contributed by atoms with Gasteiger partial charge in [0.05, 0.1) is 11.9 Å². The summed E-state index contributed by atoms with van der Waals surface area (Å²) >= 11 is 0. The number of halogens is 6. The first-order valence-corrected chi connectivity index (χ1v) is 15.8. The van der Waals surface area contributed by atoms with Gasteiger partial charge in [-0.25, -0.2) is 9.78 Å². The van der Waals surface area contributed by atoms with Crippen molar-refractivity contribution in [3.63, 3.8) is 0 Å². The van der Waals surface area contributed by atoms with Crippen molar-refractivity contribution < 1.29 is 50.9 Å². The molecule has 19 heteroatoms. The lowest BCUT2D eigenvalue weighted by molar-refractivity contribution is -0.192. The minimum atomic E-state index is -5.08. The summed E-state index contributed by atoms with van der Waals surface area (Å²) in [6.07, 6.45) is 1.32. The average molecular weight is 780 g/mol. The van der Waals surface area contributed by atoms with Crippen molar-refractivity contribution in [1.82, 2.24) is 14.9 Å². The maximum atomic E-state index is 13.5. The van der Waals surface area contributed by atoms with Crippen LogP contribution in [-0.2, 0) is 33.9 Å². The molecule has 0 aliphatic carbocycles. The minimum Gasteiger partial charge on any atom is -0.483 e. The second kappa shape index (κ2) is 23.1. The number of carbonyl (C=O) groups is 3. The van der Waals surface area contributed by atoms with E-state index < -0.39 is 24.4 Å². The number of rotatable bonds is 11. The third-order valence-electron chi connectivity index (χ3n) is 6.56. The molecule has 3 aromatic carbocycles. The predicted octanol–water partition coefficient (Wildman–Crippen LogP) is 5.68. The molecule has 0 saturated heterocycles. The Kier molecular flexibility index (Phi) is 19.5. The number of alkyl halides is 6. The van der Waals surface area contributed by atoms with Gasteiger partial charge < -0.3 is 32.3 Å². The molecule has 4 rings (SSSR count). The number of carboxylic acids is 1. The molecular formula is C36H39F6N7O6. The molecule has 0 unspecified atom stereocenters. The van der Waals surface area contributed by atoms with Crippen molar-refractivity contribution in [2.24, 2.45) is 5.73 Å². The summed E-state index contributed by atoms with van der Waals surface area (Å²) < 4.78 is 62.2. The summed E-state index contributed by atoms with van der Waals surface area (Å²) in [5.41, 5.74) is 16.6. The summed E-state index contributed by atoms with van der Waals surface area (Å²) in [4.78, 5) is 48.2. The minimum absolute atomic E-state index is 0.0185. The molecule has 0 saturated carbocycles. The van der Waals surface area contributed by atoms with E-state index in [0.717, 1.165) is 17.5 Å². The van der Waals surface area contributed by atoms with Gasteiger partial charge in [0, 0.05) is 29.4 Å². The Balaban J connectivity index is 0.000000925. The van der Waals surface area contributed by atoms with E-state index in [0.29, 0.717) is 22.5 Å². The Bertz CT molecular complexity index is 1940. The van der Waals surface area contributed by atoms with Crippen LogP contribution < -0.4 is 27.7 Å². The number of allylic oxidation sites excluding steroid dienone is 1. The second-order valence-corrected chi connectivity index (χ2v) is 11.2. The number of amidine groups is 1. The van der Waals surface area contributed by atoms with Crippen molar-refractivity contribution in [1.29, 1.82) is 5.41 Å². The van der Waals surface area contributed by atoms with Crippen LogP contribution >= 0.6 is 0 Å². The molecule has 0 radical (unpaired) electrons. The Morgan fingerprint density at radius 2 is 1.56 bits per heavy atom. The van der Waals surface area contributed by atoms with E-state index in [-0.39, 0.29) is 43.2 Å². The Labute approximate surface area is 310 Å². The number of nitrogens with one attached hydrogen (secondary N) is 3. The van der Waals surface area contributed by atoms with E-state index in [9.17, 15) is 35.9 Å². The van der Waals surface area contributed by atoms with Crippen LogP contribution in [0.25, 0.3) is 17.3 Å². The molecule has 0 aliphatic rings. The highest BCUT2D eigenvalue weighted by molar-refractivity contribution is 5.94. The molecule has 9 N–H and O–H groups in total. The quantitative estimate of drug-likeness (QED) is 0.0324. The number of benzene rings is 3. The fourth-order valence-electron chi connectivity index (χ4n) is 4.32. The highest BCUT2D eigenvalue weighted by atomic mass is 19.4. The van der Waals surface area contributed by atoms with E-state index in [1.54, 1.807) is 36.5 Å². The van der Waals surface area contributed by atoms with Crippen molar-refractivity contribution >= 4 is 41.8 Å². The maximum absolute atomic E-state index is 13.5. The largest absolute Gasteiger partial charge is 0.490 e. The molecule has 0 fully saturated rings. The van der Waals surface area contributed by atoms with Crippen LogP contribution in [0, 0.1) is 5.41 Å². The standard InChI is InChI=1S/C32H35N7O2.C2HF3O2.CHF3.CH2O2/c1-21(2)38-31-32(41)39(20-29(40)36-18-23-11-13-25(14-12-23)30(34)35)28(19-37-31)26-15-24(16-27(33)17-26)10-6-9-22-7-4-3-5-8-22;3-2(4,5)1(6)7;2-1(3)4;2-1-3/h3-8,10-17,19,21H,9,18,20,33H2,1-2H3,(H3,34,35)(H,36,40)(H,37,38);(H,6,7);1H;1H,(H,2,3)/b10-6+;;;. The third-order valence-corrected chi connectivity index (χ3v) is 6.56. The molecule has 4 aromatic rings. The van der Waals surface area contributed by atoms with Gasteiger partial charge in [0.25, 0.3) is 12.0 Å². The number of aliphatic carboxylic acids is 1. The van der Waals surface area contributed by atoms with E-state index in [4.69, 9.17) is 36.7 Å². The Morgan fingerprint density at radius 1 is 1.00 bits per heavy atom. The van der Waals surface area contributed by atoms with Gasteiger partial charge in [0.2, 0.25) is 5.91 Å². The summed E-state index contributed by atoms with van der Waals surface area (Å²) in [6.45, 7) is -0.0360. The number of hydrogen-bond acceptors (Lipinski definition) is 8. The first-order chi connectivity index (χ1) is 25.8. The van der Waals surface area contributed by atoms with Crippen LogP contribution in [0.4, 0.5) is 37.8 Å². The smallest absolute Gasteiger partial charge is 0.483 e. The van der Waals surface area contributed by atoms with Gasteiger partial charge in [0.15, 0.2) is 5.82 Å². The van der Waals surface area contributed by atoms with E-state index in [2.05, 4.69) is 33.8 Å². The molecule has 1 amide bonds. The van der Waals surface area contributed by atoms with Gasteiger partial charge >= 0.3 is 18.8 Å². The number of amides is 1. The number of carbonyl (C=O) groups excluding carboxylic acids is 1. The molecular weight excluding hydrogens is 740 g/mol. The lowest BCUT2D eigenvalue weighted by Crippen LogP contribution is -2.35. The van der Waals surface area contributed by atoms with E-state index >= 15 is 0 Å². The van der Waals surface area contributed by atoms with Gasteiger partial charge in [-0.05, 0) is 55.2 Å². The number of hydrogen-bond donors (Lipinski definition) is 7. The zero-order valence-corrected chi connectivity index (χ0v) is 29.4. The van der Waals surface area contributed by atoms with E-state index in [1.807, 2.05) is 50.3 Å². The van der Waals surface area contributed by atoms with Crippen molar-refractivity contribution in [2.75, 3.05) is 11.1 Å². The predicted molar refractivity (Wildman–Crippen MR) is 195 cm³/mol. The van der Waals surface area contributed by atoms with Crippen LogP contribution in [0.2, 0.25) is 0 Å². The first kappa shape index (κ1) is 46.4. The van der Waals surface area contributed by atoms with Crippen LogP contribution in [0.3, 0.4) is 0 Å². The molecule has 13 nitrogen and oxygen atoms in total. The van der Waals surface area contributed by atoms with Gasteiger partial charge in [-0.2, -0.15) is 26.3 Å². The topological polar surface area (TPSA) is 227 Å². The van der Waals surface area contributed by atoms with E-state index in [1.165, 1.54) is 10.1 Å². The summed E-state index contributed by atoms with van der Waals surface area (Å²) in [5.74, 6) is -2.94. The lowest BCUT2D eigenvalue weighted by Gasteiger charge is -2.17. The number of anilines is 2. The number of aromatic nitrogens is 2. The average Bonchev–Trinajstić information content (AvgIpc) is 3.09. The fourth-order valence-corrected chi connectivity index (χ4v) is 4.32. The molecule has 0 spiro atoms. The summed E-state index contributed by atoms with van der Waals surface area (Å²) in [6, 6.07) is 22.7. The van der Waals surface area contributed by atoms with Gasteiger partial charge in [-0.15, -0.1) is 0 Å². The molecule has 0 bridgehead atoms. The number of carboxylic acid groups (broad SMARTS) is 2. The maximum Gasteiger partial charge on any atom is 0.490 e. The molecule has 55 heavy (non-hydrogen) atoms. The Morgan fingerprint density at radius 3 is 2.07 bits per heavy atom. The van der Waals surface area contributed by atoms with Gasteiger partial charge in [-0.1, -0.05) is 66.7 Å².